The van der Waals surface area contributed by atoms with Crippen LogP contribution in [0.3, 0.4) is 0 Å². The van der Waals surface area contributed by atoms with Gasteiger partial charge in [-0.2, -0.15) is 37.3 Å². The Hall–Kier alpha value is -9.76. The monoisotopic (exact) mass is 1020 g/mol. The molecule has 0 aliphatic rings. The third-order valence-electron chi connectivity index (χ3n) is 10.2. The summed E-state index contributed by atoms with van der Waals surface area (Å²) in [4.78, 5) is -2.02. The van der Waals surface area contributed by atoms with Gasteiger partial charge in [-0.15, -0.1) is 20.5 Å². The molecule has 0 unspecified atom stereocenters. The molecule has 0 heterocycles. The first-order valence-corrected chi connectivity index (χ1v) is 23.0. The molecule has 0 radical (unpaired) electrons. The van der Waals surface area contributed by atoms with Crippen molar-refractivity contribution in [3.05, 3.63) is 121 Å². The first-order valence-electron chi connectivity index (χ1n) is 20.2. The molecule has 72 heavy (non-hydrogen) atoms. The number of nitrogens with zero attached hydrogens (tertiary/aromatic N) is 8. The fourth-order valence-corrected chi connectivity index (χ4v) is 8.31. The van der Waals surface area contributed by atoms with Crippen LogP contribution in [-0.4, -0.2) is 71.9 Å². The second kappa shape index (κ2) is 19.0. The number of hydrogen-bond donors (Lipinski definition) is 12. The van der Waals surface area contributed by atoms with E-state index in [0.29, 0.717) is 0 Å². The third-order valence-corrected chi connectivity index (χ3v) is 12.0. The SMILES string of the molecule is Nc1c(N=Nc2ccc(N=Nc3c(O)cc(-c4cc(O)cc(O)c4)cc3O)cc2)c(S(=O)(=O)O)cc2cc(S(=O)(=O)O)c(N=Nc3ccc(N=Nc4c(O)cc(-c5cc(O)cc(O)c5)cc4O)cc3)c(O)c12. The summed E-state index contributed by atoms with van der Waals surface area (Å²) in [7, 11) is -10.4. The Morgan fingerprint density at radius 1 is 0.347 bits per heavy atom. The summed E-state index contributed by atoms with van der Waals surface area (Å²) < 4.78 is 70.7. The van der Waals surface area contributed by atoms with Crippen molar-refractivity contribution in [3.8, 4) is 74.0 Å². The average Bonchev–Trinajstić information content (AvgIpc) is 3.29. The van der Waals surface area contributed by atoms with E-state index in [1.54, 1.807) is 0 Å². The van der Waals surface area contributed by atoms with Crippen LogP contribution < -0.4 is 5.73 Å². The molecule has 0 amide bonds. The summed E-state index contributed by atoms with van der Waals surface area (Å²) in [6.07, 6.45) is 0. The van der Waals surface area contributed by atoms with Gasteiger partial charge in [-0.05, 0) is 137 Å². The number of phenols is 9. The summed E-state index contributed by atoms with van der Waals surface area (Å²) in [5.41, 5.74) is 4.93. The number of anilines is 1. The van der Waals surface area contributed by atoms with Crippen molar-refractivity contribution in [3.63, 3.8) is 0 Å². The molecular weight excluding hydrogens is 983 g/mol. The van der Waals surface area contributed by atoms with Gasteiger partial charge in [0.25, 0.3) is 20.2 Å². The maximum absolute atomic E-state index is 12.6. The van der Waals surface area contributed by atoms with Crippen LogP contribution in [0.4, 0.5) is 51.2 Å². The number of phenolic OH excluding ortho intramolecular Hbond substituents is 9. The van der Waals surface area contributed by atoms with E-state index in [2.05, 4.69) is 40.9 Å². The van der Waals surface area contributed by atoms with Gasteiger partial charge in [0.05, 0.1) is 33.8 Å². The second-order valence-corrected chi connectivity index (χ2v) is 18.1. The molecule has 0 bridgehead atoms. The van der Waals surface area contributed by atoms with Gasteiger partial charge in [0.15, 0.2) is 17.1 Å². The first kappa shape index (κ1) is 48.7. The summed E-state index contributed by atoms with van der Waals surface area (Å²) in [5, 5.41) is 123. The maximum Gasteiger partial charge on any atom is 0.296 e. The lowest BCUT2D eigenvalue weighted by Crippen LogP contribution is -2.03. The van der Waals surface area contributed by atoms with Gasteiger partial charge in [0, 0.05) is 12.1 Å². The van der Waals surface area contributed by atoms with Crippen molar-refractivity contribution in [2.45, 2.75) is 9.79 Å². The molecular formula is C46H33N9O15S2. The molecule has 0 aliphatic carbocycles. The zero-order chi connectivity index (χ0) is 51.8. The van der Waals surface area contributed by atoms with Crippen LogP contribution in [0.2, 0.25) is 0 Å². The lowest BCUT2D eigenvalue weighted by molar-refractivity contribution is 0.449. The molecule has 8 aromatic rings. The Kier molecular flexibility index (Phi) is 12.8. The summed E-state index contributed by atoms with van der Waals surface area (Å²) >= 11 is 0. The van der Waals surface area contributed by atoms with Crippen LogP contribution in [0.1, 0.15) is 0 Å². The van der Waals surface area contributed by atoms with Crippen LogP contribution in [0.25, 0.3) is 33.0 Å². The fraction of sp³-hybridized carbons (Fsp3) is 0. The number of hydrogen-bond acceptors (Lipinski definition) is 22. The zero-order valence-corrected chi connectivity index (χ0v) is 37.7. The lowest BCUT2D eigenvalue weighted by atomic mass is 10.0. The fourth-order valence-electron chi connectivity index (χ4n) is 6.98. The molecule has 0 atom stereocenters. The highest BCUT2D eigenvalue weighted by Gasteiger charge is 2.28. The molecule has 0 aliphatic heterocycles. The Bertz CT molecular complexity index is 3540. The van der Waals surface area contributed by atoms with E-state index in [-0.39, 0.29) is 79.4 Å². The van der Waals surface area contributed by atoms with E-state index >= 15 is 0 Å². The highest BCUT2D eigenvalue weighted by atomic mass is 32.2. The quantitative estimate of drug-likeness (QED) is 0.0307. The Morgan fingerprint density at radius 3 is 0.944 bits per heavy atom. The smallest absolute Gasteiger partial charge is 0.296 e. The van der Waals surface area contributed by atoms with Crippen molar-refractivity contribution in [2.75, 3.05) is 5.73 Å². The third kappa shape index (κ3) is 10.4. The Balaban J connectivity index is 1.05. The normalized spacial score (nSPS) is 12.3. The molecule has 0 fully saturated rings. The Labute approximate surface area is 404 Å². The molecule has 0 spiro atoms. The number of azo groups is 4. The van der Waals surface area contributed by atoms with Crippen LogP contribution in [0, 0.1) is 0 Å². The summed E-state index contributed by atoms with van der Waals surface area (Å²) in [6, 6.07) is 24.5. The number of nitrogens with two attached hydrogens (primary N) is 1. The topological polar surface area (TPSA) is 416 Å². The number of nitrogen functional groups attached to an aromatic ring is 1. The molecule has 24 nitrogen and oxygen atoms in total. The summed E-state index contributed by atoms with van der Waals surface area (Å²) in [5.74, 6) is -4.00. The number of aromatic hydroxyl groups is 9. The molecule has 364 valence electrons. The number of rotatable bonds is 12. The van der Waals surface area contributed by atoms with Gasteiger partial charge >= 0.3 is 0 Å². The minimum atomic E-state index is -5.24. The van der Waals surface area contributed by atoms with Crippen molar-refractivity contribution >= 4 is 82.2 Å². The molecule has 8 aromatic carbocycles. The van der Waals surface area contributed by atoms with Crippen molar-refractivity contribution in [1.29, 1.82) is 0 Å². The Morgan fingerprint density at radius 2 is 0.625 bits per heavy atom. The second-order valence-electron chi connectivity index (χ2n) is 15.3. The van der Waals surface area contributed by atoms with Crippen molar-refractivity contribution in [1.82, 2.24) is 0 Å². The predicted octanol–water partition coefficient (Wildman–Crippen LogP) is 11.3. The predicted molar refractivity (Wildman–Crippen MR) is 256 cm³/mol. The van der Waals surface area contributed by atoms with Gasteiger partial charge in [-0.25, -0.2) is 0 Å². The molecule has 0 aromatic heterocycles. The number of benzene rings is 8. The van der Waals surface area contributed by atoms with Crippen LogP contribution in [0.15, 0.2) is 172 Å². The highest BCUT2D eigenvalue weighted by molar-refractivity contribution is 7.86. The van der Waals surface area contributed by atoms with Crippen LogP contribution in [-0.2, 0) is 20.2 Å². The van der Waals surface area contributed by atoms with Crippen molar-refractivity contribution in [2.24, 2.45) is 40.9 Å². The molecule has 0 saturated carbocycles. The molecule has 0 saturated heterocycles. The minimum absolute atomic E-state index is 0.0229. The van der Waals surface area contributed by atoms with E-state index in [4.69, 9.17) is 5.73 Å². The molecule has 13 N–H and O–H groups in total. The van der Waals surface area contributed by atoms with Gasteiger partial charge < -0.3 is 51.7 Å². The molecule has 8 rings (SSSR count). The van der Waals surface area contributed by atoms with Crippen molar-refractivity contribution < 1.29 is 71.9 Å². The standard InChI is InChI=1S/C46H33N9O15S2/c47-41-40-25(17-38(71(65,66)67)44(41)54-50-28-5-1-26(2-6-28)48-52-42-34(60)13-23(14-35(42)61)21-9-30(56)19-31(57)10-21)18-39(72(68,69)70)45(46(40)64)55-51-29-7-3-27(4-8-29)49-53-43-36(62)15-24(16-37(43)63)22-11-32(58)20-33(59)12-22/h1-20,56-64H,47H2,(H,65,66,67)(H,68,69,70). The zero-order valence-electron chi connectivity index (χ0n) is 36.1. The van der Waals surface area contributed by atoms with Gasteiger partial charge in [-0.1, -0.05) is 0 Å². The van der Waals surface area contributed by atoms with E-state index in [0.717, 1.165) is 24.3 Å². The number of fused-ring (bicyclic) bond motifs is 1. The van der Waals surface area contributed by atoms with Crippen LogP contribution in [0.5, 0.6) is 51.7 Å². The lowest BCUT2D eigenvalue weighted by Gasteiger charge is -2.14. The van der Waals surface area contributed by atoms with E-state index in [1.165, 1.54) is 97.1 Å². The van der Waals surface area contributed by atoms with E-state index < -0.39 is 86.6 Å². The average molecular weight is 1020 g/mol. The minimum Gasteiger partial charge on any atom is -0.508 e. The van der Waals surface area contributed by atoms with Gasteiger partial charge in [0.2, 0.25) is 0 Å². The van der Waals surface area contributed by atoms with Gasteiger partial charge in [0.1, 0.15) is 67.2 Å². The molecule has 26 heteroatoms. The van der Waals surface area contributed by atoms with E-state index in [1.807, 2.05) is 0 Å². The highest BCUT2D eigenvalue weighted by Crippen LogP contribution is 2.49. The summed E-state index contributed by atoms with van der Waals surface area (Å²) in [6.45, 7) is 0. The van der Waals surface area contributed by atoms with Crippen LogP contribution >= 0.6 is 0 Å². The maximum atomic E-state index is 12.6. The van der Waals surface area contributed by atoms with Gasteiger partial charge in [-0.3, -0.25) is 9.11 Å². The first-order chi connectivity index (χ1) is 34.0. The largest absolute Gasteiger partial charge is 0.508 e. The van der Waals surface area contributed by atoms with E-state index in [9.17, 15) is 71.9 Å².